The average molecular weight is 579 g/mol. The van der Waals surface area contributed by atoms with Gasteiger partial charge >= 0.3 is 0 Å². The number of benzene rings is 1. The molecule has 3 N–H and O–H groups in total. The fraction of sp³-hybridized carbons (Fsp3) is 0.452. The molecule has 4 atom stereocenters. The Morgan fingerprint density at radius 2 is 1.88 bits per heavy atom. The molecule has 1 aliphatic carbocycles. The molecule has 2 fully saturated rings. The Labute approximate surface area is 243 Å². The first-order valence-electron chi connectivity index (χ1n) is 14.4. The molecule has 0 radical (unpaired) electrons. The zero-order chi connectivity index (χ0) is 29.2. The Hall–Kier alpha value is -3.51. The van der Waals surface area contributed by atoms with E-state index in [-0.39, 0.29) is 42.0 Å². The van der Waals surface area contributed by atoms with Gasteiger partial charge in [-0.2, -0.15) is 9.61 Å². The van der Waals surface area contributed by atoms with Crippen LogP contribution in [0.15, 0.2) is 48.9 Å². The van der Waals surface area contributed by atoms with Crippen molar-refractivity contribution in [2.45, 2.75) is 63.4 Å². The van der Waals surface area contributed by atoms with Crippen molar-refractivity contribution in [3.05, 3.63) is 71.7 Å². The van der Waals surface area contributed by atoms with Gasteiger partial charge in [0.15, 0.2) is 0 Å². The van der Waals surface area contributed by atoms with Gasteiger partial charge < -0.3 is 25.3 Å². The van der Waals surface area contributed by atoms with E-state index in [9.17, 15) is 0 Å². The molecule has 4 heterocycles. The van der Waals surface area contributed by atoms with Crippen molar-refractivity contribution in [1.29, 1.82) is 0 Å². The smallest absolute Gasteiger partial charge is 0.229 e. The Kier molecular flexibility index (Phi) is 8.43. The molecule has 11 heteroatoms. The van der Waals surface area contributed by atoms with Gasteiger partial charge in [-0.05, 0) is 79.0 Å². The highest BCUT2D eigenvalue weighted by molar-refractivity contribution is 5.66. The number of aromatic nitrogens is 4. The first-order chi connectivity index (χ1) is 20.4. The third-order valence-corrected chi connectivity index (χ3v) is 8.41. The van der Waals surface area contributed by atoms with E-state index in [2.05, 4.69) is 27.3 Å². The molecule has 0 spiro atoms. The first-order valence-corrected chi connectivity index (χ1v) is 14.4. The summed E-state index contributed by atoms with van der Waals surface area (Å²) in [5.41, 5.74) is 9.38. The lowest BCUT2D eigenvalue weighted by Crippen LogP contribution is -2.45. The molecular weight excluding hydrogens is 542 g/mol. The van der Waals surface area contributed by atoms with Gasteiger partial charge in [0, 0.05) is 32.6 Å². The summed E-state index contributed by atoms with van der Waals surface area (Å²) in [5.74, 6) is -0.488. The Balaban J connectivity index is 1.25. The quantitative estimate of drug-likeness (QED) is 0.288. The van der Waals surface area contributed by atoms with Crippen LogP contribution in [-0.4, -0.2) is 58.2 Å². The van der Waals surface area contributed by atoms with Crippen molar-refractivity contribution in [3.63, 3.8) is 0 Å². The van der Waals surface area contributed by atoms with Gasteiger partial charge in [0.1, 0.15) is 11.6 Å². The summed E-state index contributed by atoms with van der Waals surface area (Å²) < 4.78 is 48.9. The molecule has 0 bridgehead atoms. The Bertz CT molecular complexity index is 1510. The van der Waals surface area contributed by atoms with Gasteiger partial charge in [-0.15, -0.1) is 0 Å². The molecule has 6 rings (SSSR count). The maximum Gasteiger partial charge on any atom is 0.229 e. The summed E-state index contributed by atoms with van der Waals surface area (Å²) >= 11 is 0. The normalized spacial score (nSPS) is 23.4. The second-order valence-corrected chi connectivity index (χ2v) is 11.3. The highest BCUT2D eigenvalue weighted by atomic mass is 19.1. The van der Waals surface area contributed by atoms with Crippen LogP contribution in [0.3, 0.4) is 0 Å². The van der Waals surface area contributed by atoms with E-state index < -0.39 is 11.6 Å². The lowest BCUT2D eigenvalue weighted by Gasteiger charge is -2.38. The zero-order valence-electron chi connectivity index (χ0n) is 23.8. The van der Waals surface area contributed by atoms with Crippen molar-refractivity contribution < 1.29 is 23.0 Å². The summed E-state index contributed by atoms with van der Waals surface area (Å²) in [5, 5.41) is 7.92. The van der Waals surface area contributed by atoms with Crippen LogP contribution < -0.4 is 11.1 Å². The number of hydrogen-bond donors (Lipinski definition) is 2. The number of nitrogens with one attached hydrogen (secondary N) is 1. The number of imidazole rings is 1. The van der Waals surface area contributed by atoms with Crippen LogP contribution in [-0.2, 0) is 20.8 Å². The van der Waals surface area contributed by atoms with Crippen LogP contribution >= 0.6 is 0 Å². The molecule has 0 amide bonds. The summed E-state index contributed by atoms with van der Waals surface area (Å²) in [6, 6.07) is 7.86. The summed E-state index contributed by atoms with van der Waals surface area (Å²) in [6.45, 7) is 3.56. The zero-order valence-corrected chi connectivity index (χ0v) is 23.8. The molecule has 3 aromatic heterocycles. The average Bonchev–Trinajstić information content (AvgIpc) is 3.38. The first kappa shape index (κ1) is 28.6. The Morgan fingerprint density at radius 1 is 1.10 bits per heavy atom. The second-order valence-electron chi connectivity index (χ2n) is 11.3. The molecule has 1 saturated heterocycles. The van der Waals surface area contributed by atoms with Crippen molar-refractivity contribution in [3.8, 4) is 11.3 Å². The van der Waals surface area contributed by atoms with Gasteiger partial charge in [-0.25, -0.2) is 13.8 Å². The molecule has 42 heavy (non-hydrogen) atoms. The van der Waals surface area contributed by atoms with E-state index >= 15 is 8.78 Å². The SMILES string of the molecule is CO[C@H]1[C@H](N)C[C@H](c2ccncc2Nc2ncc3ccc(-c4c(F)cc(COC5CCOCC5)cc4F)nn23)C[C@@H]1C. The monoisotopic (exact) mass is 578 g/mol. The number of anilines is 2. The van der Waals surface area contributed by atoms with E-state index in [1.54, 1.807) is 42.3 Å². The van der Waals surface area contributed by atoms with E-state index in [1.165, 1.54) is 12.1 Å². The second kappa shape index (κ2) is 12.4. The van der Waals surface area contributed by atoms with Crippen LogP contribution in [0.5, 0.6) is 0 Å². The topological polar surface area (TPSA) is 109 Å². The van der Waals surface area contributed by atoms with Crippen molar-refractivity contribution in [1.82, 2.24) is 19.6 Å². The highest BCUT2D eigenvalue weighted by Gasteiger charge is 2.35. The summed E-state index contributed by atoms with van der Waals surface area (Å²) in [7, 11) is 1.71. The van der Waals surface area contributed by atoms with E-state index in [4.69, 9.17) is 19.9 Å². The predicted octanol–water partition coefficient (Wildman–Crippen LogP) is 5.36. The molecule has 9 nitrogen and oxygen atoms in total. The third-order valence-electron chi connectivity index (χ3n) is 8.41. The molecule has 4 aromatic rings. The van der Waals surface area contributed by atoms with E-state index in [0.717, 1.165) is 36.9 Å². The van der Waals surface area contributed by atoms with Gasteiger partial charge in [0.05, 0.1) is 53.7 Å². The maximum atomic E-state index is 15.3. The van der Waals surface area contributed by atoms with Crippen molar-refractivity contribution in [2.24, 2.45) is 11.7 Å². The number of rotatable bonds is 8. The molecule has 0 unspecified atom stereocenters. The standard InChI is InChI=1S/C31H36F2N6O3/c1-18-11-20(14-26(34)30(18)40-2)23-5-8-35-16-28(23)37-31-36-15-21-3-4-27(38-39(21)31)29-24(32)12-19(13-25(29)33)17-42-22-6-9-41-10-7-22/h3-5,8,12-13,15-16,18,20,22,26,30H,6-7,9-11,14,17,34H2,1-2H3,(H,36,37)/t18-,20+,26+,30+/m0/s1. The van der Waals surface area contributed by atoms with Crippen LogP contribution in [0.1, 0.15) is 49.7 Å². The lowest BCUT2D eigenvalue weighted by atomic mass is 9.74. The van der Waals surface area contributed by atoms with Crippen LogP contribution in [0.2, 0.25) is 0 Å². The third kappa shape index (κ3) is 5.87. The fourth-order valence-electron chi connectivity index (χ4n) is 6.32. The highest BCUT2D eigenvalue weighted by Crippen LogP contribution is 2.40. The molecule has 2 aliphatic rings. The van der Waals surface area contributed by atoms with Gasteiger partial charge in [0.2, 0.25) is 5.95 Å². The molecule has 222 valence electrons. The molecular formula is C31H36F2N6O3. The lowest BCUT2D eigenvalue weighted by molar-refractivity contribution is -0.0391. The molecule has 1 saturated carbocycles. The summed E-state index contributed by atoms with van der Waals surface area (Å²) in [6.07, 6.45) is 8.47. The number of halogens is 2. The van der Waals surface area contributed by atoms with E-state index in [0.29, 0.717) is 36.2 Å². The molecule has 1 aromatic carbocycles. The number of methoxy groups -OCH3 is 1. The maximum absolute atomic E-state index is 15.3. The number of pyridine rings is 1. The van der Waals surface area contributed by atoms with Crippen molar-refractivity contribution in [2.75, 3.05) is 25.6 Å². The minimum Gasteiger partial charge on any atom is -0.381 e. The number of fused-ring (bicyclic) bond motifs is 1. The fourth-order valence-corrected chi connectivity index (χ4v) is 6.32. The predicted molar refractivity (Wildman–Crippen MR) is 154 cm³/mol. The number of ether oxygens (including phenoxy) is 3. The minimum absolute atomic E-state index is 0.0210. The number of nitrogens with two attached hydrogens (primary N) is 1. The van der Waals surface area contributed by atoms with Crippen LogP contribution in [0.25, 0.3) is 16.8 Å². The van der Waals surface area contributed by atoms with Crippen LogP contribution in [0, 0.1) is 17.6 Å². The largest absolute Gasteiger partial charge is 0.381 e. The van der Waals surface area contributed by atoms with Crippen LogP contribution in [0.4, 0.5) is 20.4 Å². The number of hydrogen-bond acceptors (Lipinski definition) is 8. The Morgan fingerprint density at radius 3 is 2.62 bits per heavy atom. The van der Waals surface area contributed by atoms with Gasteiger partial charge in [0.25, 0.3) is 0 Å². The van der Waals surface area contributed by atoms with Gasteiger partial charge in [-0.3, -0.25) is 4.98 Å². The van der Waals surface area contributed by atoms with E-state index in [1.807, 2.05) is 6.07 Å². The van der Waals surface area contributed by atoms with Gasteiger partial charge in [-0.1, -0.05) is 6.92 Å². The van der Waals surface area contributed by atoms with Crippen molar-refractivity contribution >= 4 is 17.2 Å². The molecule has 1 aliphatic heterocycles. The summed E-state index contributed by atoms with van der Waals surface area (Å²) in [4.78, 5) is 8.82. The number of nitrogens with zero attached hydrogens (tertiary/aromatic N) is 4. The minimum atomic E-state index is -0.700.